The lowest BCUT2D eigenvalue weighted by molar-refractivity contribution is -0.136. The van der Waals surface area contributed by atoms with E-state index in [1.807, 2.05) is 0 Å². The van der Waals surface area contributed by atoms with Gasteiger partial charge in [0.15, 0.2) is 0 Å². The third-order valence-electron chi connectivity index (χ3n) is 7.49. The van der Waals surface area contributed by atoms with E-state index < -0.39 is 0 Å². The summed E-state index contributed by atoms with van der Waals surface area (Å²) < 4.78 is 0. The third kappa shape index (κ3) is 5.21. The molecule has 3 fully saturated rings. The highest BCUT2D eigenvalue weighted by molar-refractivity contribution is 5.79. The maximum atomic E-state index is 13.0. The van der Waals surface area contributed by atoms with Crippen molar-refractivity contribution in [3.05, 3.63) is 29.6 Å². The molecule has 0 saturated carbocycles. The van der Waals surface area contributed by atoms with Crippen LogP contribution in [0.2, 0.25) is 0 Å². The molecule has 0 bridgehead atoms. The Morgan fingerprint density at radius 3 is 2.40 bits per heavy atom. The highest BCUT2D eigenvalue weighted by atomic mass is 16.2. The van der Waals surface area contributed by atoms with Gasteiger partial charge in [0.2, 0.25) is 5.91 Å². The normalized spacial score (nSPS) is 25.3. The predicted molar refractivity (Wildman–Crippen MR) is 120 cm³/mol. The monoisotopic (exact) mass is 413 g/mol. The van der Waals surface area contributed by atoms with Gasteiger partial charge in [0.1, 0.15) is 0 Å². The minimum absolute atomic E-state index is 0.245. The molecule has 0 aromatic carbocycles. The first-order chi connectivity index (χ1) is 14.5. The second kappa shape index (κ2) is 9.75. The standard InChI is InChI=1S/C24H39N5O/c1-19-5-4-6-21(25-19)17-27-12-9-22(10-13-27)28-14-7-20(8-15-28)24(30)29-16-11-23(18-29)26(2)3/h4-6,20,22-23H,7-18H2,1-3H3. The van der Waals surface area contributed by atoms with Crippen LogP contribution in [0.25, 0.3) is 0 Å². The fourth-order valence-electron chi connectivity index (χ4n) is 5.49. The second-order valence-corrected chi connectivity index (χ2v) is 9.78. The van der Waals surface area contributed by atoms with Crippen LogP contribution in [-0.4, -0.2) is 95.9 Å². The summed E-state index contributed by atoms with van der Waals surface area (Å²) in [5, 5.41) is 0. The molecule has 3 saturated heterocycles. The van der Waals surface area contributed by atoms with Crippen molar-refractivity contribution < 1.29 is 4.79 Å². The lowest BCUT2D eigenvalue weighted by Gasteiger charge is -2.42. The first-order valence-electron chi connectivity index (χ1n) is 11.8. The highest BCUT2D eigenvalue weighted by Gasteiger charge is 2.35. The number of pyridine rings is 1. The first kappa shape index (κ1) is 21.7. The van der Waals surface area contributed by atoms with E-state index in [1.165, 1.54) is 18.5 Å². The summed E-state index contributed by atoms with van der Waals surface area (Å²) in [6, 6.07) is 7.54. The largest absolute Gasteiger partial charge is 0.341 e. The number of piperidine rings is 2. The third-order valence-corrected chi connectivity index (χ3v) is 7.49. The van der Waals surface area contributed by atoms with Crippen LogP contribution in [0.3, 0.4) is 0 Å². The Morgan fingerprint density at radius 1 is 1.03 bits per heavy atom. The van der Waals surface area contributed by atoms with Crippen molar-refractivity contribution in [1.29, 1.82) is 0 Å². The molecule has 1 atom stereocenters. The number of aromatic nitrogens is 1. The van der Waals surface area contributed by atoms with Gasteiger partial charge in [-0.05, 0) is 78.3 Å². The Kier molecular flexibility index (Phi) is 7.06. The molecule has 3 aliphatic heterocycles. The fourth-order valence-corrected chi connectivity index (χ4v) is 5.49. The average Bonchev–Trinajstić information content (AvgIpc) is 3.25. The van der Waals surface area contributed by atoms with Crippen LogP contribution in [0.5, 0.6) is 0 Å². The SMILES string of the molecule is Cc1cccc(CN2CCC(N3CCC(C(=O)N4CCC(N(C)C)C4)CC3)CC2)n1. The summed E-state index contributed by atoms with van der Waals surface area (Å²) in [5.41, 5.74) is 2.29. The number of carbonyl (C=O) groups is 1. The molecule has 1 aromatic heterocycles. The number of likely N-dealkylation sites (tertiary alicyclic amines) is 3. The molecule has 1 unspecified atom stereocenters. The minimum atomic E-state index is 0.245. The van der Waals surface area contributed by atoms with E-state index in [-0.39, 0.29) is 5.92 Å². The van der Waals surface area contributed by atoms with Crippen molar-refractivity contribution in [1.82, 2.24) is 24.6 Å². The smallest absolute Gasteiger partial charge is 0.225 e. The van der Waals surface area contributed by atoms with Gasteiger partial charge in [-0.1, -0.05) is 6.07 Å². The number of nitrogens with zero attached hydrogens (tertiary/aromatic N) is 5. The molecule has 30 heavy (non-hydrogen) atoms. The van der Waals surface area contributed by atoms with Crippen molar-refractivity contribution >= 4 is 5.91 Å². The van der Waals surface area contributed by atoms with Gasteiger partial charge in [0.05, 0.1) is 5.69 Å². The van der Waals surface area contributed by atoms with E-state index in [4.69, 9.17) is 0 Å². The first-order valence-corrected chi connectivity index (χ1v) is 11.8. The molecule has 4 heterocycles. The zero-order valence-electron chi connectivity index (χ0n) is 19.1. The summed E-state index contributed by atoms with van der Waals surface area (Å²) in [5.74, 6) is 0.661. The van der Waals surface area contributed by atoms with Crippen molar-refractivity contribution in [3.63, 3.8) is 0 Å². The Morgan fingerprint density at radius 2 is 1.77 bits per heavy atom. The van der Waals surface area contributed by atoms with E-state index >= 15 is 0 Å². The van der Waals surface area contributed by atoms with Crippen molar-refractivity contribution in [2.24, 2.45) is 5.92 Å². The van der Waals surface area contributed by atoms with Gasteiger partial charge < -0.3 is 14.7 Å². The molecule has 6 heteroatoms. The van der Waals surface area contributed by atoms with Gasteiger partial charge in [-0.3, -0.25) is 14.7 Å². The molecule has 1 amide bonds. The summed E-state index contributed by atoms with van der Waals surface area (Å²) in [6.07, 6.45) is 5.67. The Hall–Kier alpha value is -1.50. The van der Waals surface area contributed by atoms with Crippen LogP contribution in [-0.2, 0) is 11.3 Å². The number of aryl methyl sites for hydroxylation is 1. The second-order valence-electron chi connectivity index (χ2n) is 9.78. The number of amides is 1. The molecule has 0 N–H and O–H groups in total. The number of likely N-dealkylation sites (N-methyl/N-ethyl adjacent to an activating group) is 1. The van der Waals surface area contributed by atoms with Gasteiger partial charge in [-0.25, -0.2) is 0 Å². The van der Waals surface area contributed by atoms with Crippen LogP contribution in [0, 0.1) is 12.8 Å². The van der Waals surface area contributed by atoms with Gasteiger partial charge in [0, 0.05) is 56.4 Å². The summed E-state index contributed by atoms with van der Waals surface area (Å²) in [6.45, 7) is 9.37. The Bertz CT molecular complexity index is 707. The minimum Gasteiger partial charge on any atom is -0.341 e. The van der Waals surface area contributed by atoms with E-state index in [0.29, 0.717) is 18.0 Å². The molecule has 1 aromatic rings. The summed E-state index contributed by atoms with van der Waals surface area (Å²) in [7, 11) is 4.25. The van der Waals surface area contributed by atoms with Crippen molar-refractivity contribution in [3.8, 4) is 0 Å². The van der Waals surface area contributed by atoms with Crippen LogP contribution < -0.4 is 0 Å². The zero-order chi connectivity index (χ0) is 21.1. The molecule has 0 aliphatic carbocycles. The van der Waals surface area contributed by atoms with E-state index in [1.54, 1.807) is 0 Å². The number of carbonyl (C=O) groups excluding carboxylic acids is 1. The maximum Gasteiger partial charge on any atom is 0.225 e. The number of hydrogen-bond donors (Lipinski definition) is 0. The van der Waals surface area contributed by atoms with Crippen molar-refractivity contribution in [2.45, 2.75) is 57.7 Å². The molecular formula is C24H39N5O. The maximum absolute atomic E-state index is 13.0. The van der Waals surface area contributed by atoms with E-state index in [0.717, 1.165) is 70.8 Å². The van der Waals surface area contributed by atoms with Gasteiger partial charge >= 0.3 is 0 Å². The average molecular weight is 414 g/mol. The van der Waals surface area contributed by atoms with Crippen LogP contribution >= 0.6 is 0 Å². The Balaban J connectivity index is 1.19. The quantitative estimate of drug-likeness (QED) is 0.741. The molecular weight excluding hydrogens is 374 g/mol. The van der Waals surface area contributed by atoms with Crippen molar-refractivity contribution in [2.75, 3.05) is 53.4 Å². The van der Waals surface area contributed by atoms with E-state index in [2.05, 4.69) is 63.8 Å². The van der Waals surface area contributed by atoms with E-state index in [9.17, 15) is 4.79 Å². The lowest BCUT2D eigenvalue weighted by atomic mass is 9.92. The molecule has 3 aliphatic rings. The van der Waals surface area contributed by atoms with Crippen LogP contribution in [0.1, 0.15) is 43.5 Å². The summed E-state index contributed by atoms with van der Waals surface area (Å²) >= 11 is 0. The molecule has 4 rings (SSSR count). The molecule has 0 radical (unpaired) electrons. The van der Waals surface area contributed by atoms with Gasteiger partial charge in [0.25, 0.3) is 0 Å². The predicted octanol–water partition coefficient (Wildman–Crippen LogP) is 2.23. The zero-order valence-corrected chi connectivity index (χ0v) is 19.1. The molecule has 6 nitrogen and oxygen atoms in total. The van der Waals surface area contributed by atoms with Gasteiger partial charge in [-0.15, -0.1) is 0 Å². The van der Waals surface area contributed by atoms with Gasteiger partial charge in [-0.2, -0.15) is 0 Å². The molecule has 0 spiro atoms. The highest BCUT2D eigenvalue weighted by Crippen LogP contribution is 2.27. The van der Waals surface area contributed by atoms with Crippen LogP contribution in [0.4, 0.5) is 0 Å². The lowest BCUT2D eigenvalue weighted by Crippen LogP contribution is -2.49. The summed E-state index contributed by atoms with van der Waals surface area (Å²) in [4.78, 5) is 27.2. The molecule has 166 valence electrons. The fraction of sp³-hybridized carbons (Fsp3) is 0.750. The Labute approximate surface area is 182 Å². The van der Waals surface area contributed by atoms with Crippen LogP contribution in [0.15, 0.2) is 18.2 Å². The topological polar surface area (TPSA) is 42.9 Å². The number of rotatable bonds is 5. The number of hydrogen-bond acceptors (Lipinski definition) is 5.